The first-order valence-corrected chi connectivity index (χ1v) is 7.43. The predicted octanol–water partition coefficient (Wildman–Crippen LogP) is 3.87. The van der Waals surface area contributed by atoms with E-state index < -0.39 is 0 Å². The zero-order chi connectivity index (χ0) is 15.4. The van der Waals surface area contributed by atoms with E-state index in [1.165, 1.54) is 0 Å². The van der Waals surface area contributed by atoms with Gasteiger partial charge in [0.1, 0.15) is 11.5 Å². The van der Waals surface area contributed by atoms with Crippen LogP contribution >= 0.6 is 22.6 Å². The molecule has 2 aromatic carbocycles. The number of rotatable bonds is 4. The summed E-state index contributed by atoms with van der Waals surface area (Å²) in [6, 6.07) is 10.9. The molecule has 0 saturated carbocycles. The summed E-state index contributed by atoms with van der Waals surface area (Å²) in [5, 5.41) is 2.87. The third kappa shape index (κ3) is 3.47. The molecule has 5 heteroatoms. The summed E-state index contributed by atoms with van der Waals surface area (Å²) in [6.07, 6.45) is 0. The number of anilines is 1. The fourth-order valence-corrected chi connectivity index (χ4v) is 2.52. The summed E-state index contributed by atoms with van der Waals surface area (Å²) in [7, 11) is 3.14. The van der Waals surface area contributed by atoms with E-state index in [0.717, 1.165) is 9.13 Å². The predicted molar refractivity (Wildman–Crippen MR) is 91.4 cm³/mol. The molecule has 1 N–H and O–H groups in total. The van der Waals surface area contributed by atoms with Crippen molar-refractivity contribution in [3.8, 4) is 11.5 Å². The van der Waals surface area contributed by atoms with Crippen LogP contribution in [-0.4, -0.2) is 20.1 Å². The van der Waals surface area contributed by atoms with Gasteiger partial charge in [0, 0.05) is 9.64 Å². The lowest BCUT2D eigenvalue weighted by molar-refractivity contribution is 0.102. The first kappa shape index (κ1) is 15.6. The number of nitrogens with one attached hydrogen (secondary N) is 1. The number of carbonyl (C=O) groups excluding carboxylic acids is 1. The summed E-state index contributed by atoms with van der Waals surface area (Å²) in [6.45, 7) is 1.98. The summed E-state index contributed by atoms with van der Waals surface area (Å²) >= 11 is 2.18. The van der Waals surface area contributed by atoms with Crippen LogP contribution in [0.5, 0.6) is 11.5 Å². The molecule has 0 aliphatic carbocycles. The van der Waals surface area contributed by atoms with Crippen LogP contribution in [0.1, 0.15) is 15.9 Å². The summed E-state index contributed by atoms with van der Waals surface area (Å²) < 4.78 is 11.4. The van der Waals surface area contributed by atoms with Gasteiger partial charge in [-0.2, -0.15) is 0 Å². The van der Waals surface area contributed by atoms with Crippen molar-refractivity contribution >= 4 is 34.2 Å². The molecule has 2 aromatic rings. The van der Waals surface area contributed by atoms with Gasteiger partial charge in [-0.05, 0) is 53.3 Å². The third-order valence-electron chi connectivity index (χ3n) is 3.09. The van der Waals surface area contributed by atoms with E-state index in [4.69, 9.17) is 9.47 Å². The Hall–Kier alpha value is -1.76. The SMILES string of the molecule is COc1ccc(NC(=O)c2cccc(C)c2I)c(OC)c1. The van der Waals surface area contributed by atoms with Gasteiger partial charge in [-0.1, -0.05) is 12.1 Å². The Bertz CT molecular complexity index is 671. The molecule has 0 spiro atoms. The van der Waals surface area contributed by atoms with Gasteiger partial charge < -0.3 is 14.8 Å². The van der Waals surface area contributed by atoms with Gasteiger partial charge in [0.25, 0.3) is 5.91 Å². The van der Waals surface area contributed by atoms with E-state index in [-0.39, 0.29) is 5.91 Å². The smallest absolute Gasteiger partial charge is 0.256 e. The minimum absolute atomic E-state index is 0.161. The van der Waals surface area contributed by atoms with Crippen molar-refractivity contribution in [1.29, 1.82) is 0 Å². The molecule has 0 aliphatic rings. The Kier molecular flexibility index (Phi) is 5.06. The molecule has 2 rings (SSSR count). The lowest BCUT2D eigenvalue weighted by Crippen LogP contribution is -2.14. The number of halogens is 1. The molecule has 0 atom stereocenters. The van der Waals surface area contributed by atoms with Crippen LogP contribution in [-0.2, 0) is 0 Å². The van der Waals surface area contributed by atoms with E-state index in [1.54, 1.807) is 38.5 Å². The second kappa shape index (κ2) is 6.80. The van der Waals surface area contributed by atoms with Crippen LogP contribution in [0.15, 0.2) is 36.4 Å². The third-order valence-corrected chi connectivity index (χ3v) is 4.53. The molecule has 0 bridgehead atoms. The number of methoxy groups -OCH3 is 2. The fourth-order valence-electron chi connectivity index (χ4n) is 1.91. The molecule has 0 heterocycles. The molecule has 21 heavy (non-hydrogen) atoms. The lowest BCUT2D eigenvalue weighted by atomic mass is 10.1. The summed E-state index contributed by atoms with van der Waals surface area (Å²) in [5.41, 5.74) is 2.33. The maximum atomic E-state index is 12.4. The maximum absolute atomic E-state index is 12.4. The van der Waals surface area contributed by atoms with Gasteiger partial charge in [-0.15, -0.1) is 0 Å². The number of hydrogen-bond acceptors (Lipinski definition) is 3. The van der Waals surface area contributed by atoms with Gasteiger partial charge in [0.15, 0.2) is 0 Å². The Morgan fingerprint density at radius 1 is 1.14 bits per heavy atom. The van der Waals surface area contributed by atoms with Crippen molar-refractivity contribution in [2.75, 3.05) is 19.5 Å². The molecular formula is C16H16INO3. The highest BCUT2D eigenvalue weighted by Gasteiger charge is 2.14. The lowest BCUT2D eigenvalue weighted by Gasteiger charge is -2.12. The number of ether oxygens (including phenoxy) is 2. The molecule has 4 nitrogen and oxygen atoms in total. The molecular weight excluding hydrogens is 381 g/mol. The number of benzene rings is 2. The van der Waals surface area contributed by atoms with Crippen molar-refractivity contribution in [2.45, 2.75) is 6.92 Å². The number of aryl methyl sites for hydroxylation is 1. The highest BCUT2D eigenvalue weighted by Crippen LogP contribution is 2.29. The quantitative estimate of drug-likeness (QED) is 0.797. The van der Waals surface area contributed by atoms with Crippen LogP contribution in [0.4, 0.5) is 5.69 Å². The minimum Gasteiger partial charge on any atom is -0.497 e. The average Bonchev–Trinajstić information content (AvgIpc) is 2.50. The van der Waals surface area contributed by atoms with E-state index in [1.807, 2.05) is 19.1 Å². The highest BCUT2D eigenvalue weighted by atomic mass is 127. The molecule has 0 radical (unpaired) electrons. The van der Waals surface area contributed by atoms with Crippen molar-refractivity contribution in [1.82, 2.24) is 0 Å². The minimum atomic E-state index is -0.161. The van der Waals surface area contributed by atoms with Gasteiger partial charge >= 0.3 is 0 Å². The van der Waals surface area contributed by atoms with Crippen molar-refractivity contribution < 1.29 is 14.3 Å². The monoisotopic (exact) mass is 397 g/mol. The van der Waals surface area contributed by atoms with E-state index in [0.29, 0.717) is 22.7 Å². The molecule has 0 aromatic heterocycles. The molecule has 0 fully saturated rings. The fraction of sp³-hybridized carbons (Fsp3) is 0.188. The van der Waals surface area contributed by atoms with Crippen LogP contribution < -0.4 is 14.8 Å². The molecule has 1 amide bonds. The Balaban J connectivity index is 2.29. The first-order chi connectivity index (χ1) is 10.1. The van der Waals surface area contributed by atoms with Gasteiger partial charge in [0.05, 0.1) is 25.5 Å². The van der Waals surface area contributed by atoms with Gasteiger partial charge in [-0.3, -0.25) is 4.79 Å². The second-order valence-electron chi connectivity index (χ2n) is 4.46. The molecule has 110 valence electrons. The number of hydrogen-bond donors (Lipinski definition) is 1. The van der Waals surface area contributed by atoms with Crippen molar-refractivity contribution in [3.05, 3.63) is 51.1 Å². The van der Waals surface area contributed by atoms with Crippen LogP contribution in [0.2, 0.25) is 0 Å². The largest absolute Gasteiger partial charge is 0.497 e. The number of amides is 1. The van der Waals surface area contributed by atoms with Crippen LogP contribution in [0, 0.1) is 10.5 Å². The highest BCUT2D eigenvalue weighted by molar-refractivity contribution is 14.1. The van der Waals surface area contributed by atoms with Gasteiger partial charge in [-0.25, -0.2) is 0 Å². The van der Waals surface area contributed by atoms with E-state index in [9.17, 15) is 4.79 Å². The Labute approximate surface area is 137 Å². The maximum Gasteiger partial charge on any atom is 0.256 e. The first-order valence-electron chi connectivity index (χ1n) is 6.35. The molecule has 0 saturated heterocycles. The normalized spacial score (nSPS) is 10.1. The standard InChI is InChI=1S/C16H16INO3/c1-10-5-4-6-12(15(10)17)16(19)18-13-8-7-11(20-2)9-14(13)21-3/h4-9H,1-3H3,(H,18,19). The summed E-state index contributed by atoms with van der Waals surface area (Å²) in [5.74, 6) is 1.08. The summed E-state index contributed by atoms with van der Waals surface area (Å²) in [4.78, 5) is 12.4. The van der Waals surface area contributed by atoms with Crippen molar-refractivity contribution in [3.63, 3.8) is 0 Å². The van der Waals surface area contributed by atoms with E-state index in [2.05, 4.69) is 27.9 Å². The number of carbonyl (C=O) groups is 1. The van der Waals surface area contributed by atoms with Crippen LogP contribution in [0.3, 0.4) is 0 Å². The van der Waals surface area contributed by atoms with Gasteiger partial charge in [0.2, 0.25) is 0 Å². The second-order valence-corrected chi connectivity index (χ2v) is 5.54. The molecule has 0 unspecified atom stereocenters. The van der Waals surface area contributed by atoms with Crippen molar-refractivity contribution in [2.24, 2.45) is 0 Å². The van der Waals surface area contributed by atoms with Crippen LogP contribution in [0.25, 0.3) is 0 Å². The van der Waals surface area contributed by atoms with E-state index >= 15 is 0 Å². The molecule has 0 aliphatic heterocycles. The topological polar surface area (TPSA) is 47.6 Å². The Morgan fingerprint density at radius 3 is 2.57 bits per heavy atom. The Morgan fingerprint density at radius 2 is 1.90 bits per heavy atom. The zero-order valence-electron chi connectivity index (χ0n) is 12.1. The average molecular weight is 397 g/mol. The zero-order valence-corrected chi connectivity index (χ0v) is 14.2.